The molecule has 0 aromatic heterocycles. The number of phenols is 1. The number of rotatable bonds is 4. The summed E-state index contributed by atoms with van der Waals surface area (Å²) < 4.78 is 0. The zero-order chi connectivity index (χ0) is 15.0. The van der Waals surface area contributed by atoms with Crippen molar-refractivity contribution in [2.45, 2.75) is 0 Å². The molecule has 0 saturated carbocycles. The second-order valence-electron chi connectivity index (χ2n) is 3.25. The number of hydrogen-bond acceptors (Lipinski definition) is 4. The zero-order valence-corrected chi connectivity index (χ0v) is 13.6. The maximum absolute atomic E-state index is 9.20. The van der Waals surface area contributed by atoms with E-state index in [-0.39, 0.29) is 30.9 Å². The van der Waals surface area contributed by atoms with Crippen LogP contribution in [0.1, 0.15) is 0 Å². The minimum atomic E-state index is -0.363. The third-order valence-corrected chi connectivity index (χ3v) is 4.09. The third-order valence-electron chi connectivity index (χ3n) is 1.83. The lowest BCUT2D eigenvalue weighted by Crippen LogP contribution is -2.27. The molecule has 4 nitrogen and oxygen atoms in total. The predicted octanol–water partition coefficient (Wildman–Crippen LogP) is 3.15. The van der Waals surface area contributed by atoms with Crippen LogP contribution in [0.2, 0.25) is 25.1 Å². The highest BCUT2D eigenvalue weighted by atomic mass is 35.5. The molecule has 1 rings (SSSR count). The van der Waals surface area contributed by atoms with Gasteiger partial charge in [-0.2, -0.15) is 0 Å². The first-order chi connectivity index (χ1) is 8.88. The van der Waals surface area contributed by atoms with Crippen molar-refractivity contribution in [3.8, 4) is 5.75 Å². The lowest BCUT2D eigenvalue weighted by Gasteiger charge is -2.06. The third kappa shape index (κ3) is 6.10. The average molecular weight is 370 g/mol. The maximum Gasteiger partial charge on any atom is 0.155 e. The van der Waals surface area contributed by atoms with Crippen LogP contribution in [0.25, 0.3) is 0 Å². The van der Waals surface area contributed by atoms with Gasteiger partial charge in [0.25, 0.3) is 0 Å². The summed E-state index contributed by atoms with van der Waals surface area (Å²) in [6, 6.07) is 0. The number of nitrogens with one attached hydrogen (secondary N) is 1. The van der Waals surface area contributed by atoms with Crippen LogP contribution in [0.3, 0.4) is 0 Å². The lowest BCUT2D eigenvalue weighted by atomic mass is 10.3. The van der Waals surface area contributed by atoms with Crippen LogP contribution in [-0.4, -0.2) is 31.3 Å². The van der Waals surface area contributed by atoms with Crippen molar-refractivity contribution < 1.29 is 5.11 Å². The van der Waals surface area contributed by atoms with Gasteiger partial charge in [-0.25, -0.2) is 0 Å². The van der Waals surface area contributed by atoms with Gasteiger partial charge >= 0.3 is 0 Å². The Balaban J connectivity index is 0.000000399. The van der Waals surface area contributed by atoms with Crippen molar-refractivity contribution in [3.05, 3.63) is 25.1 Å². The molecular formula is C10H14Cl5N3O. The van der Waals surface area contributed by atoms with Crippen molar-refractivity contribution in [1.82, 2.24) is 5.32 Å². The monoisotopic (exact) mass is 367 g/mol. The Hall–Kier alpha value is 0.350. The maximum atomic E-state index is 9.20. The Bertz CT molecular complexity index is 308. The van der Waals surface area contributed by atoms with Gasteiger partial charge in [-0.3, -0.25) is 0 Å². The molecule has 0 spiro atoms. The molecule has 1 aromatic rings. The summed E-state index contributed by atoms with van der Waals surface area (Å²) in [6.45, 7) is 3.13. The molecule has 0 saturated heterocycles. The van der Waals surface area contributed by atoms with Crippen molar-refractivity contribution in [3.63, 3.8) is 0 Å². The fourth-order valence-electron chi connectivity index (χ4n) is 0.922. The highest BCUT2D eigenvalue weighted by Crippen LogP contribution is 2.47. The molecule has 0 fully saturated rings. The van der Waals surface area contributed by atoms with Crippen LogP contribution in [-0.2, 0) is 0 Å². The summed E-state index contributed by atoms with van der Waals surface area (Å²) in [5.41, 5.74) is 10.3. The average Bonchev–Trinajstić information content (AvgIpc) is 2.42. The molecule has 0 aliphatic rings. The fraction of sp³-hybridized carbons (Fsp3) is 0.400. The molecule has 9 heteroatoms. The molecular weight excluding hydrogens is 355 g/mol. The lowest BCUT2D eigenvalue weighted by molar-refractivity contribution is 0.476. The second-order valence-corrected chi connectivity index (χ2v) is 5.14. The Morgan fingerprint density at radius 1 is 0.737 bits per heavy atom. The minimum absolute atomic E-state index is 0.00904. The molecule has 0 atom stereocenters. The van der Waals surface area contributed by atoms with E-state index in [4.69, 9.17) is 69.5 Å². The predicted molar refractivity (Wildman–Crippen MR) is 84.1 cm³/mol. The molecule has 1 aromatic carbocycles. The zero-order valence-electron chi connectivity index (χ0n) is 9.82. The summed E-state index contributed by atoms with van der Waals surface area (Å²) in [5.74, 6) is -0.363. The summed E-state index contributed by atoms with van der Waals surface area (Å²) in [5, 5.41) is 12.0. The molecule has 0 amide bonds. The fourth-order valence-corrected chi connectivity index (χ4v) is 2.05. The SMILES string of the molecule is NCCNCCN.Oc1c(Cl)c(Cl)c(Cl)c(Cl)c1Cl. The van der Waals surface area contributed by atoms with E-state index in [0.717, 1.165) is 13.1 Å². The first kappa shape index (κ1) is 19.4. The number of nitrogens with two attached hydrogens (primary N) is 2. The molecule has 0 unspecified atom stereocenters. The van der Waals surface area contributed by atoms with Crippen molar-refractivity contribution in [2.24, 2.45) is 11.5 Å². The molecule has 0 radical (unpaired) electrons. The Morgan fingerprint density at radius 3 is 1.37 bits per heavy atom. The van der Waals surface area contributed by atoms with Gasteiger partial charge in [-0.15, -0.1) is 0 Å². The van der Waals surface area contributed by atoms with E-state index in [0.29, 0.717) is 13.1 Å². The molecule has 0 heterocycles. The van der Waals surface area contributed by atoms with E-state index in [9.17, 15) is 5.11 Å². The van der Waals surface area contributed by atoms with E-state index in [1.54, 1.807) is 0 Å². The quantitative estimate of drug-likeness (QED) is 0.373. The molecule has 110 valence electrons. The Labute approximate surface area is 136 Å². The molecule has 0 aliphatic heterocycles. The van der Waals surface area contributed by atoms with Gasteiger partial charge in [0.1, 0.15) is 10.0 Å². The molecule has 6 N–H and O–H groups in total. The van der Waals surface area contributed by atoms with Gasteiger partial charge in [0.2, 0.25) is 0 Å². The summed E-state index contributed by atoms with van der Waals surface area (Å²) in [6.07, 6.45) is 0. The topological polar surface area (TPSA) is 84.3 Å². The van der Waals surface area contributed by atoms with Gasteiger partial charge in [0, 0.05) is 26.2 Å². The highest BCUT2D eigenvalue weighted by molar-refractivity contribution is 6.55. The minimum Gasteiger partial charge on any atom is -0.505 e. The smallest absolute Gasteiger partial charge is 0.155 e. The summed E-state index contributed by atoms with van der Waals surface area (Å²) in [7, 11) is 0. The van der Waals surface area contributed by atoms with Gasteiger partial charge in [-0.1, -0.05) is 58.0 Å². The van der Waals surface area contributed by atoms with Gasteiger partial charge in [0.15, 0.2) is 5.75 Å². The number of benzene rings is 1. The van der Waals surface area contributed by atoms with Crippen LogP contribution in [0.4, 0.5) is 0 Å². The Morgan fingerprint density at radius 2 is 1.05 bits per heavy atom. The first-order valence-electron chi connectivity index (χ1n) is 5.19. The summed E-state index contributed by atoms with van der Waals surface area (Å²) >= 11 is 27.9. The van der Waals surface area contributed by atoms with Crippen molar-refractivity contribution in [1.29, 1.82) is 0 Å². The number of halogens is 5. The van der Waals surface area contributed by atoms with Crippen LogP contribution < -0.4 is 16.8 Å². The molecule has 19 heavy (non-hydrogen) atoms. The van der Waals surface area contributed by atoms with Crippen LogP contribution in [0, 0.1) is 0 Å². The Kier molecular flexibility index (Phi) is 10.3. The van der Waals surface area contributed by atoms with E-state index < -0.39 is 0 Å². The highest BCUT2D eigenvalue weighted by Gasteiger charge is 2.18. The first-order valence-corrected chi connectivity index (χ1v) is 7.08. The molecule has 0 bridgehead atoms. The summed E-state index contributed by atoms with van der Waals surface area (Å²) in [4.78, 5) is 0. The van der Waals surface area contributed by atoms with Crippen LogP contribution in [0.15, 0.2) is 0 Å². The second kappa shape index (κ2) is 10.1. The molecule has 0 aliphatic carbocycles. The normalized spacial score (nSPS) is 10.1. The van der Waals surface area contributed by atoms with E-state index in [1.807, 2.05) is 0 Å². The van der Waals surface area contributed by atoms with E-state index in [2.05, 4.69) is 5.32 Å². The number of phenolic OH excluding ortho intramolecular Hbond substituents is 1. The van der Waals surface area contributed by atoms with E-state index in [1.165, 1.54) is 0 Å². The van der Waals surface area contributed by atoms with Gasteiger partial charge in [-0.05, 0) is 0 Å². The van der Waals surface area contributed by atoms with Gasteiger partial charge < -0.3 is 21.9 Å². The van der Waals surface area contributed by atoms with Gasteiger partial charge in [0.05, 0.1) is 15.1 Å². The standard InChI is InChI=1S/C6HCl5O.C4H13N3/c7-1-2(8)4(10)6(12)5(11)3(1)9;5-1-3-7-4-2-6/h12H;7H,1-6H2. The van der Waals surface area contributed by atoms with Crippen LogP contribution >= 0.6 is 58.0 Å². The number of hydrogen-bond donors (Lipinski definition) is 4. The number of aromatic hydroxyl groups is 1. The van der Waals surface area contributed by atoms with Crippen molar-refractivity contribution >= 4 is 58.0 Å². The van der Waals surface area contributed by atoms with Crippen LogP contribution in [0.5, 0.6) is 5.75 Å². The largest absolute Gasteiger partial charge is 0.505 e. The van der Waals surface area contributed by atoms with E-state index >= 15 is 0 Å². The van der Waals surface area contributed by atoms with Crippen molar-refractivity contribution in [2.75, 3.05) is 26.2 Å².